The molecule has 23 heavy (non-hydrogen) atoms. The first-order valence-electron chi connectivity index (χ1n) is 7.94. The molecule has 126 valence electrons. The van der Waals surface area contributed by atoms with Crippen molar-refractivity contribution in [2.24, 2.45) is 0 Å². The molecule has 1 rings (SSSR count). The van der Waals surface area contributed by atoms with Crippen LogP contribution in [0.4, 0.5) is 0 Å². The van der Waals surface area contributed by atoms with Crippen molar-refractivity contribution < 1.29 is 14.7 Å². The lowest BCUT2D eigenvalue weighted by Crippen LogP contribution is -2.30. The molecule has 0 heterocycles. The second kappa shape index (κ2) is 11.9. The summed E-state index contributed by atoms with van der Waals surface area (Å²) in [6, 6.07) is 7.57. The third-order valence-corrected chi connectivity index (χ3v) is 4.59. The predicted molar refractivity (Wildman–Crippen MR) is 93.7 cm³/mol. The van der Waals surface area contributed by atoms with Gasteiger partial charge in [-0.15, -0.1) is 17.7 Å². The van der Waals surface area contributed by atoms with Gasteiger partial charge in [0, 0.05) is 4.90 Å². The Hall–Kier alpha value is -1.64. The summed E-state index contributed by atoms with van der Waals surface area (Å²) in [7, 11) is 0. The molecular formula is C18H25NO3S. The highest BCUT2D eigenvalue weighted by Gasteiger charge is 2.19. The number of nitrogens with one attached hydrogen (secondary N) is 1. The highest BCUT2D eigenvalue weighted by Crippen LogP contribution is 2.28. The van der Waals surface area contributed by atoms with E-state index in [0.29, 0.717) is 6.61 Å². The van der Waals surface area contributed by atoms with Crippen LogP contribution >= 0.6 is 11.8 Å². The quantitative estimate of drug-likeness (QED) is 0.223. The van der Waals surface area contributed by atoms with Gasteiger partial charge in [-0.25, -0.2) is 5.48 Å². The average Bonchev–Trinajstić information content (AvgIpc) is 2.58. The predicted octanol–water partition coefficient (Wildman–Crippen LogP) is 4.03. The van der Waals surface area contributed by atoms with Gasteiger partial charge in [0.05, 0.1) is 5.25 Å². The van der Waals surface area contributed by atoms with E-state index in [2.05, 4.69) is 18.8 Å². The van der Waals surface area contributed by atoms with Crippen molar-refractivity contribution in [2.75, 3.05) is 6.61 Å². The van der Waals surface area contributed by atoms with Crippen molar-refractivity contribution >= 4 is 17.7 Å². The second-order valence-electron chi connectivity index (χ2n) is 5.12. The Morgan fingerprint density at radius 2 is 2.04 bits per heavy atom. The standard InChI is InChI=1S/C18H25NO3S/c1-3-5-7-8-9-17(18(20)19-21)23-16-12-10-15(11-13-16)22-14-6-4-2/h10-13,17,21H,3,5,7-9,14H2,1-2H3,(H,19,20)/t17-/m1/s1. The summed E-state index contributed by atoms with van der Waals surface area (Å²) in [5.41, 5.74) is 1.77. The van der Waals surface area contributed by atoms with Gasteiger partial charge in [0.1, 0.15) is 12.4 Å². The summed E-state index contributed by atoms with van der Waals surface area (Å²) in [5.74, 6) is 6.03. The van der Waals surface area contributed by atoms with Gasteiger partial charge >= 0.3 is 0 Å². The van der Waals surface area contributed by atoms with Crippen LogP contribution in [-0.4, -0.2) is 23.0 Å². The Labute approximate surface area is 143 Å². The SMILES string of the molecule is CC#CCOc1ccc(S[C@H](CCCCCC)C(=O)NO)cc1. The maximum Gasteiger partial charge on any atom is 0.256 e. The smallest absolute Gasteiger partial charge is 0.256 e. The van der Waals surface area contributed by atoms with Gasteiger partial charge in [0.25, 0.3) is 5.91 Å². The zero-order chi connectivity index (χ0) is 16.9. The molecule has 0 aliphatic heterocycles. The first-order valence-corrected chi connectivity index (χ1v) is 8.82. The Kier molecular flexibility index (Phi) is 10.0. The summed E-state index contributed by atoms with van der Waals surface area (Å²) in [6.45, 7) is 4.30. The lowest BCUT2D eigenvalue weighted by atomic mass is 10.1. The number of carbonyl (C=O) groups excluding carboxylic acids is 1. The molecule has 0 fully saturated rings. The maximum atomic E-state index is 11.8. The Morgan fingerprint density at radius 1 is 1.30 bits per heavy atom. The van der Waals surface area contributed by atoms with Crippen molar-refractivity contribution in [3.8, 4) is 17.6 Å². The topological polar surface area (TPSA) is 58.6 Å². The van der Waals surface area contributed by atoms with Gasteiger partial charge in [-0.05, 0) is 37.6 Å². The summed E-state index contributed by atoms with van der Waals surface area (Å²) in [4.78, 5) is 12.8. The molecule has 5 heteroatoms. The number of carbonyl (C=O) groups is 1. The fraction of sp³-hybridized carbons (Fsp3) is 0.500. The number of unbranched alkanes of at least 4 members (excludes halogenated alkanes) is 3. The van der Waals surface area contributed by atoms with Crippen LogP contribution in [0.3, 0.4) is 0 Å². The maximum absolute atomic E-state index is 11.8. The van der Waals surface area contributed by atoms with Crippen LogP contribution < -0.4 is 10.2 Å². The van der Waals surface area contributed by atoms with E-state index in [1.165, 1.54) is 18.2 Å². The molecule has 0 bridgehead atoms. The minimum atomic E-state index is -0.343. The molecule has 0 unspecified atom stereocenters. The molecule has 1 aromatic carbocycles. The third kappa shape index (κ3) is 7.96. The molecule has 1 atom stereocenters. The minimum Gasteiger partial charge on any atom is -0.481 e. The number of hydroxylamine groups is 1. The van der Waals surface area contributed by atoms with Gasteiger partial charge in [0.2, 0.25) is 0 Å². The number of benzene rings is 1. The Bertz CT molecular complexity index is 519. The molecule has 0 saturated heterocycles. The molecule has 0 saturated carbocycles. The summed E-state index contributed by atoms with van der Waals surface area (Å²) in [6.07, 6.45) is 5.17. The first-order chi connectivity index (χ1) is 11.2. The number of rotatable bonds is 10. The van der Waals surface area contributed by atoms with Crippen LogP contribution in [0.1, 0.15) is 46.0 Å². The van der Waals surface area contributed by atoms with E-state index in [0.717, 1.165) is 36.3 Å². The van der Waals surface area contributed by atoms with E-state index in [-0.39, 0.29) is 11.2 Å². The summed E-state index contributed by atoms with van der Waals surface area (Å²) < 4.78 is 5.46. The number of hydrogen-bond donors (Lipinski definition) is 2. The van der Waals surface area contributed by atoms with Gasteiger partial charge in [-0.2, -0.15) is 0 Å². The van der Waals surface area contributed by atoms with Crippen molar-refractivity contribution in [3.63, 3.8) is 0 Å². The zero-order valence-corrected chi connectivity index (χ0v) is 14.6. The fourth-order valence-electron chi connectivity index (χ4n) is 2.04. The van der Waals surface area contributed by atoms with Crippen molar-refractivity contribution in [1.82, 2.24) is 5.48 Å². The fourth-order valence-corrected chi connectivity index (χ4v) is 3.11. The van der Waals surface area contributed by atoms with Crippen LogP contribution in [0.25, 0.3) is 0 Å². The Balaban J connectivity index is 2.56. The van der Waals surface area contributed by atoms with E-state index < -0.39 is 0 Å². The molecule has 0 aliphatic rings. The van der Waals surface area contributed by atoms with Crippen molar-refractivity contribution in [1.29, 1.82) is 0 Å². The molecule has 0 radical (unpaired) electrons. The number of thioether (sulfide) groups is 1. The molecule has 0 aliphatic carbocycles. The third-order valence-electron chi connectivity index (χ3n) is 3.31. The molecule has 4 nitrogen and oxygen atoms in total. The molecule has 0 aromatic heterocycles. The van der Waals surface area contributed by atoms with Crippen molar-refractivity contribution in [2.45, 2.75) is 56.1 Å². The summed E-state index contributed by atoms with van der Waals surface area (Å²) in [5, 5.41) is 8.62. The molecular weight excluding hydrogens is 310 g/mol. The van der Waals surface area contributed by atoms with E-state index in [4.69, 9.17) is 9.94 Å². The normalized spacial score (nSPS) is 11.3. The Morgan fingerprint density at radius 3 is 2.65 bits per heavy atom. The van der Waals surface area contributed by atoms with Crippen LogP contribution in [-0.2, 0) is 4.79 Å². The van der Waals surface area contributed by atoms with Crippen LogP contribution in [0.15, 0.2) is 29.2 Å². The highest BCUT2D eigenvalue weighted by atomic mass is 32.2. The molecule has 1 amide bonds. The largest absolute Gasteiger partial charge is 0.481 e. The summed E-state index contributed by atoms with van der Waals surface area (Å²) >= 11 is 1.46. The number of amides is 1. The van der Waals surface area contributed by atoms with Crippen LogP contribution in [0, 0.1) is 11.8 Å². The van der Waals surface area contributed by atoms with Crippen molar-refractivity contribution in [3.05, 3.63) is 24.3 Å². The van der Waals surface area contributed by atoms with Crippen LogP contribution in [0.5, 0.6) is 5.75 Å². The van der Waals surface area contributed by atoms with E-state index in [1.807, 2.05) is 24.3 Å². The van der Waals surface area contributed by atoms with Gasteiger partial charge in [-0.1, -0.05) is 38.5 Å². The molecule has 1 aromatic rings. The van der Waals surface area contributed by atoms with Crippen LogP contribution in [0.2, 0.25) is 0 Å². The van der Waals surface area contributed by atoms with E-state index >= 15 is 0 Å². The first kappa shape index (κ1) is 19.4. The van der Waals surface area contributed by atoms with Gasteiger partial charge in [0.15, 0.2) is 0 Å². The molecule has 0 spiro atoms. The number of hydrogen-bond acceptors (Lipinski definition) is 4. The lowest BCUT2D eigenvalue weighted by molar-refractivity contribution is -0.128. The average molecular weight is 335 g/mol. The van der Waals surface area contributed by atoms with E-state index in [9.17, 15) is 4.79 Å². The van der Waals surface area contributed by atoms with Gasteiger partial charge in [-0.3, -0.25) is 10.0 Å². The number of ether oxygens (including phenoxy) is 1. The monoisotopic (exact) mass is 335 g/mol. The molecule has 2 N–H and O–H groups in total. The lowest BCUT2D eigenvalue weighted by Gasteiger charge is -2.14. The minimum absolute atomic E-state index is 0.283. The highest BCUT2D eigenvalue weighted by molar-refractivity contribution is 8.00. The van der Waals surface area contributed by atoms with Gasteiger partial charge < -0.3 is 4.74 Å². The van der Waals surface area contributed by atoms with E-state index in [1.54, 1.807) is 12.4 Å². The zero-order valence-electron chi connectivity index (χ0n) is 13.8. The second-order valence-corrected chi connectivity index (χ2v) is 6.39.